The maximum atomic E-state index is 9.40. The predicted octanol–water partition coefficient (Wildman–Crippen LogP) is 2.07. The zero-order valence-corrected chi connectivity index (χ0v) is 12.6. The molecule has 0 bridgehead atoms. The lowest BCUT2D eigenvalue weighted by Gasteiger charge is -2.34. The average Bonchev–Trinajstić information content (AvgIpc) is 2.49. The van der Waals surface area contributed by atoms with E-state index in [1.54, 1.807) is 6.33 Å². The highest BCUT2D eigenvalue weighted by Gasteiger charge is 2.23. The minimum absolute atomic E-state index is 0.269. The van der Waals surface area contributed by atoms with Gasteiger partial charge in [-0.15, -0.1) is 0 Å². The Morgan fingerprint density at radius 2 is 2.25 bits per heavy atom. The van der Waals surface area contributed by atoms with E-state index in [0.717, 1.165) is 57.0 Å². The molecule has 1 fully saturated rings. The fraction of sp³-hybridized carbons (Fsp3) is 0.733. The van der Waals surface area contributed by atoms with Gasteiger partial charge in [-0.3, -0.25) is 0 Å². The molecule has 1 unspecified atom stereocenters. The molecule has 1 aliphatic rings. The molecular formula is C15H26N4O. The first-order chi connectivity index (χ1) is 9.80. The summed E-state index contributed by atoms with van der Waals surface area (Å²) in [4.78, 5) is 11.2. The molecule has 1 aromatic heterocycles. The smallest absolute Gasteiger partial charge is 0.137 e. The minimum atomic E-state index is 0.269. The van der Waals surface area contributed by atoms with Crippen LogP contribution < -0.4 is 10.2 Å². The van der Waals surface area contributed by atoms with Crippen molar-refractivity contribution in [3.05, 3.63) is 11.9 Å². The number of nitrogens with zero attached hydrogens (tertiary/aromatic N) is 3. The molecule has 2 N–H and O–H groups in total. The molecular weight excluding hydrogens is 252 g/mol. The van der Waals surface area contributed by atoms with E-state index < -0.39 is 0 Å². The third-order valence-electron chi connectivity index (χ3n) is 3.84. The molecule has 1 aliphatic heterocycles. The maximum absolute atomic E-state index is 9.40. The van der Waals surface area contributed by atoms with Crippen LogP contribution in [0.3, 0.4) is 0 Å². The van der Waals surface area contributed by atoms with Crippen molar-refractivity contribution in [1.29, 1.82) is 0 Å². The van der Waals surface area contributed by atoms with E-state index in [-0.39, 0.29) is 6.61 Å². The van der Waals surface area contributed by atoms with Crippen molar-refractivity contribution in [2.75, 3.05) is 36.5 Å². The molecule has 1 aromatic rings. The summed E-state index contributed by atoms with van der Waals surface area (Å²) in [5.41, 5.74) is 1.22. The van der Waals surface area contributed by atoms with Gasteiger partial charge < -0.3 is 15.3 Å². The Morgan fingerprint density at radius 3 is 2.95 bits per heavy atom. The maximum Gasteiger partial charge on any atom is 0.137 e. The lowest BCUT2D eigenvalue weighted by atomic mass is 9.98. The van der Waals surface area contributed by atoms with Gasteiger partial charge in [0.15, 0.2) is 0 Å². The van der Waals surface area contributed by atoms with Crippen LogP contribution in [0.25, 0.3) is 0 Å². The van der Waals surface area contributed by atoms with Crippen molar-refractivity contribution >= 4 is 11.6 Å². The third kappa shape index (κ3) is 3.39. The highest BCUT2D eigenvalue weighted by Crippen LogP contribution is 2.28. The Bertz CT molecular complexity index is 424. The van der Waals surface area contributed by atoms with Crippen molar-refractivity contribution in [1.82, 2.24) is 9.97 Å². The Kier molecular flexibility index (Phi) is 5.59. The zero-order valence-electron chi connectivity index (χ0n) is 12.6. The molecule has 0 saturated carbocycles. The van der Waals surface area contributed by atoms with E-state index in [1.807, 2.05) is 0 Å². The molecule has 2 rings (SSSR count). The summed E-state index contributed by atoms with van der Waals surface area (Å²) in [5.74, 6) is 2.39. The topological polar surface area (TPSA) is 61.3 Å². The van der Waals surface area contributed by atoms with E-state index in [9.17, 15) is 5.11 Å². The Balaban J connectivity index is 2.26. The van der Waals surface area contributed by atoms with Crippen LogP contribution in [0.15, 0.2) is 6.33 Å². The number of aliphatic hydroxyl groups excluding tert-OH is 1. The first-order valence-corrected chi connectivity index (χ1v) is 7.73. The van der Waals surface area contributed by atoms with Gasteiger partial charge in [0.2, 0.25) is 0 Å². The second kappa shape index (κ2) is 7.43. The molecule has 0 radical (unpaired) electrons. The summed E-state index contributed by atoms with van der Waals surface area (Å²) < 4.78 is 0. The van der Waals surface area contributed by atoms with Crippen LogP contribution in [0.5, 0.6) is 0 Å². The van der Waals surface area contributed by atoms with Gasteiger partial charge in [-0.1, -0.05) is 13.3 Å². The summed E-state index contributed by atoms with van der Waals surface area (Å²) in [6, 6.07) is 0. The fourth-order valence-electron chi connectivity index (χ4n) is 2.88. The van der Waals surface area contributed by atoms with Crippen LogP contribution in [0.4, 0.5) is 11.6 Å². The van der Waals surface area contributed by atoms with Crippen LogP contribution in [0, 0.1) is 5.92 Å². The lowest BCUT2D eigenvalue weighted by molar-refractivity contribution is 0.208. The summed E-state index contributed by atoms with van der Waals surface area (Å²) >= 11 is 0. The number of nitrogens with one attached hydrogen (secondary N) is 1. The van der Waals surface area contributed by atoms with E-state index in [2.05, 4.69) is 34.0 Å². The zero-order chi connectivity index (χ0) is 14.4. The molecule has 0 aromatic carbocycles. The molecule has 2 heterocycles. The largest absolute Gasteiger partial charge is 0.396 e. The van der Waals surface area contributed by atoms with E-state index in [1.165, 1.54) is 5.56 Å². The van der Waals surface area contributed by atoms with Gasteiger partial charge in [0.05, 0.1) is 0 Å². The predicted molar refractivity (Wildman–Crippen MR) is 82.2 cm³/mol. The van der Waals surface area contributed by atoms with Gasteiger partial charge in [0.1, 0.15) is 18.0 Å². The second-order valence-corrected chi connectivity index (χ2v) is 5.44. The standard InChI is InChI=1S/C15H26N4O/c1-3-6-13-14(16-4-2)17-11-18-15(13)19-8-5-7-12(9-19)10-20/h11-12,20H,3-10H2,1-2H3,(H,16,17,18). The van der Waals surface area contributed by atoms with Gasteiger partial charge in [0, 0.05) is 31.8 Å². The number of aliphatic hydroxyl groups is 1. The van der Waals surface area contributed by atoms with Gasteiger partial charge in [-0.2, -0.15) is 0 Å². The summed E-state index contributed by atoms with van der Waals surface area (Å²) in [5, 5.41) is 12.7. The van der Waals surface area contributed by atoms with Gasteiger partial charge >= 0.3 is 0 Å². The second-order valence-electron chi connectivity index (χ2n) is 5.44. The fourth-order valence-corrected chi connectivity index (χ4v) is 2.88. The van der Waals surface area contributed by atoms with Gasteiger partial charge in [-0.25, -0.2) is 9.97 Å². The van der Waals surface area contributed by atoms with E-state index in [0.29, 0.717) is 5.92 Å². The van der Waals surface area contributed by atoms with Crippen LogP contribution in [-0.2, 0) is 6.42 Å². The first-order valence-electron chi connectivity index (χ1n) is 7.73. The Morgan fingerprint density at radius 1 is 1.40 bits per heavy atom. The van der Waals surface area contributed by atoms with Crippen LogP contribution in [0.2, 0.25) is 0 Å². The molecule has 1 saturated heterocycles. The molecule has 1 atom stereocenters. The monoisotopic (exact) mass is 278 g/mol. The van der Waals surface area contributed by atoms with Gasteiger partial charge in [-0.05, 0) is 32.1 Å². The van der Waals surface area contributed by atoms with Crippen molar-refractivity contribution in [3.63, 3.8) is 0 Å². The van der Waals surface area contributed by atoms with E-state index >= 15 is 0 Å². The molecule has 5 nitrogen and oxygen atoms in total. The number of anilines is 2. The van der Waals surface area contributed by atoms with Crippen LogP contribution in [-0.4, -0.2) is 41.3 Å². The summed E-state index contributed by atoms with van der Waals surface area (Å²) in [6.45, 7) is 7.32. The van der Waals surface area contributed by atoms with Gasteiger partial charge in [0.25, 0.3) is 0 Å². The number of piperidine rings is 1. The first kappa shape index (κ1) is 15.0. The summed E-state index contributed by atoms with van der Waals surface area (Å²) in [6.07, 6.45) is 5.95. The molecule has 0 spiro atoms. The highest BCUT2D eigenvalue weighted by atomic mass is 16.3. The van der Waals surface area contributed by atoms with E-state index in [4.69, 9.17) is 0 Å². The number of hydrogen-bond donors (Lipinski definition) is 2. The number of aromatic nitrogens is 2. The van der Waals surface area contributed by atoms with Crippen molar-refractivity contribution in [2.24, 2.45) is 5.92 Å². The van der Waals surface area contributed by atoms with Crippen molar-refractivity contribution < 1.29 is 5.11 Å². The minimum Gasteiger partial charge on any atom is -0.396 e. The quantitative estimate of drug-likeness (QED) is 0.834. The Hall–Kier alpha value is -1.36. The van der Waals surface area contributed by atoms with Crippen LogP contribution in [0.1, 0.15) is 38.7 Å². The number of hydrogen-bond acceptors (Lipinski definition) is 5. The molecule has 20 heavy (non-hydrogen) atoms. The average molecular weight is 278 g/mol. The normalized spacial score (nSPS) is 19.1. The third-order valence-corrected chi connectivity index (χ3v) is 3.84. The molecule has 112 valence electrons. The molecule has 0 amide bonds. The van der Waals surface area contributed by atoms with Crippen molar-refractivity contribution in [2.45, 2.75) is 39.5 Å². The molecule has 5 heteroatoms. The molecule has 0 aliphatic carbocycles. The van der Waals surface area contributed by atoms with Crippen LogP contribution >= 0.6 is 0 Å². The Labute approximate surface area is 121 Å². The highest BCUT2D eigenvalue weighted by molar-refractivity contribution is 5.59. The summed E-state index contributed by atoms with van der Waals surface area (Å²) in [7, 11) is 0. The lowest BCUT2D eigenvalue weighted by Crippen LogP contribution is -2.38. The SMILES string of the molecule is CCCc1c(NCC)ncnc1N1CCCC(CO)C1. The van der Waals surface area contributed by atoms with Crippen molar-refractivity contribution in [3.8, 4) is 0 Å². The number of rotatable bonds is 6.